The van der Waals surface area contributed by atoms with E-state index >= 15 is 0 Å². The zero-order valence-electron chi connectivity index (χ0n) is 19.6. The molecule has 0 amide bonds. The summed E-state index contributed by atoms with van der Waals surface area (Å²) in [6, 6.07) is 9.57. The van der Waals surface area contributed by atoms with Crippen LogP contribution in [0.4, 0.5) is 14.6 Å². The highest BCUT2D eigenvalue weighted by Gasteiger charge is 2.18. The van der Waals surface area contributed by atoms with E-state index in [9.17, 15) is 13.6 Å². The fraction of sp³-hybridized carbons (Fsp3) is 0.292. The summed E-state index contributed by atoms with van der Waals surface area (Å²) < 4.78 is 34.6. The maximum absolute atomic E-state index is 14.2. The van der Waals surface area contributed by atoms with Gasteiger partial charge >= 0.3 is 5.97 Å². The SMILES string of the molecule is CC(C)C.O=C(O)CCNc1nc(-c2cc(-c3ccon3)n(Cc3ccccc3F)n2)ncc1F. The van der Waals surface area contributed by atoms with Gasteiger partial charge in [0.2, 0.25) is 0 Å². The van der Waals surface area contributed by atoms with Gasteiger partial charge in [-0.15, -0.1) is 0 Å². The van der Waals surface area contributed by atoms with Crippen LogP contribution in [0.25, 0.3) is 22.9 Å². The van der Waals surface area contributed by atoms with Crippen LogP contribution in [0.5, 0.6) is 0 Å². The number of hydrogen-bond acceptors (Lipinski definition) is 7. The lowest BCUT2D eigenvalue weighted by molar-refractivity contribution is -0.136. The topological polar surface area (TPSA) is 119 Å². The van der Waals surface area contributed by atoms with Crippen LogP contribution in [0, 0.1) is 17.6 Å². The molecule has 0 saturated heterocycles. The molecule has 9 nitrogen and oxygen atoms in total. The van der Waals surface area contributed by atoms with Gasteiger partial charge in [-0.05, 0) is 18.1 Å². The standard InChI is InChI=1S/C20H16F2N6O3.C4H10/c21-13-4-2-1-3-12(13)11-28-17(15-6-8-31-27-15)9-16(26-28)20-24-10-14(22)19(25-20)23-7-5-18(29)30;1-4(2)3/h1-4,6,8-10H,5,7,11H2,(H,29,30)(H,23,24,25);4H,1-3H3. The zero-order chi connectivity index (χ0) is 25.4. The zero-order valence-corrected chi connectivity index (χ0v) is 19.6. The molecule has 0 aliphatic heterocycles. The largest absolute Gasteiger partial charge is 0.481 e. The van der Waals surface area contributed by atoms with Crippen molar-refractivity contribution >= 4 is 11.8 Å². The summed E-state index contributed by atoms with van der Waals surface area (Å²) in [6.45, 7) is 6.61. The highest BCUT2D eigenvalue weighted by atomic mass is 19.1. The van der Waals surface area contributed by atoms with Crippen molar-refractivity contribution in [1.82, 2.24) is 24.9 Å². The lowest BCUT2D eigenvalue weighted by Crippen LogP contribution is -2.11. The van der Waals surface area contributed by atoms with Gasteiger partial charge in [0.05, 0.1) is 24.9 Å². The number of nitrogens with zero attached hydrogens (tertiary/aromatic N) is 5. The van der Waals surface area contributed by atoms with E-state index in [4.69, 9.17) is 9.63 Å². The second kappa shape index (κ2) is 11.8. The molecule has 11 heteroatoms. The first kappa shape index (κ1) is 25.5. The van der Waals surface area contributed by atoms with Gasteiger partial charge in [-0.2, -0.15) is 5.10 Å². The number of carboxylic acid groups (broad SMARTS) is 1. The van der Waals surface area contributed by atoms with Gasteiger partial charge in [0.25, 0.3) is 0 Å². The Morgan fingerprint density at radius 2 is 1.89 bits per heavy atom. The molecule has 0 unspecified atom stereocenters. The van der Waals surface area contributed by atoms with Crippen LogP contribution in [0.1, 0.15) is 32.8 Å². The molecular weight excluding hydrogens is 458 g/mol. The van der Waals surface area contributed by atoms with E-state index in [2.05, 4.69) is 46.3 Å². The Morgan fingerprint density at radius 1 is 1.14 bits per heavy atom. The summed E-state index contributed by atoms with van der Waals surface area (Å²) in [4.78, 5) is 18.8. The molecule has 3 aromatic heterocycles. The summed E-state index contributed by atoms with van der Waals surface area (Å²) in [5.74, 6) is -1.33. The predicted octanol–water partition coefficient (Wildman–Crippen LogP) is 4.87. The van der Waals surface area contributed by atoms with Crippen LogP contribution in [-0.4, -0.2) is 42.5 Å². The number of anilines is 1. The number of carboxylic acids is 1. The summed E-state index contributed by atoms with van der Waals surface area (Å²) in [7, 11) is 0. The third kappa shape index (κ3) is 7.16. The number of aromatic nitrogens is 5. The molecule has 35 heavy (non-hydrogen) atoms. The van der Waals surface area contributed by atoms with Crippen molar-refractivity contribution in [1.29, 1.82) is 0 Å². The first-order chi connectivity index (χ1) is 16.7. The molecule has 0 fully saturated rings. The average Bonchev–Trinajstić information content (AvgIpc) is 3.46. The molecule has 0 bridgehead atoms. The summed E-state index contributed by atoms with van der Waals surface area (Å²) in [5, 5.41) is 19.7. The maximum atomic E-state index is 14.2. The van der Waals surface area contributed by atoms with Crippen LogP contribution in [0.3, 0.4) is 0 Å². The number of halogens is 2. The molecule has 3 heterocycles. The third-order valence-electron chi connectivity index (χ3n) is 4.36. The van der Waals surface area contributed by atoms with Crippen LogP contribution >= 0.6 is 0 Å². The Bertz CT molecular complexity index is 1260. The van der Waals surface area contributed by atoms with Gasteiger partial charge in [0, 0.05) is 18.2 Å². The highest BCUT2D eigenvalue weighted by molar-refractivity contribution is 5.67. The van der Waals surface area contributed by atoms with E-state index in [0.29, 0.717) is 22.6 Å². The van der Waals surface area contributed by atoms with Crippen molar-refractivity contribution in [3.8, 4) is 22.9 Å². The predicted molar refractivity (Wildman–Crippen MR) is 125 cm³/mol. The number of rotatable bonds is 8. The number of aliphatic carboxylic acids is 1. The second-order valence-corrected chi connectivity index (χ2v) is 8.24. The van der Waals surface area contributed by atoms with Crippen molar-refractivity contribution in [3.63, 3.8) is 0 Å². The Morgan fingerprint density at radius 3 is 2.54 bits per heavy atom. The first-order valence-corrected chi connectivity index (χ1v) is 10.9. The molecule has 0 atom stereocenters. The summed E-state index contributed by atoms with van der Waals surface area (Å²) >= 11 is 0. The van der Waals surface area contributed by atoms with Gasteiger partial charge in [0.15, 0.2) is 17.5 Å². The molecule has 4 rings (SSSR count). The number of nitrogens with one attached hydrogen (secondary N) is 1. The fourth-order valence-electron chi connectivity index (χ4n) is 2.89. The van der Waals surface area contributed by atoms with Gasteiger partial charge in [-0.3, -0.25) is 9.48 Å². The Labute approximate surface area is 200 Å². The Hall–Kier alpha value is -4.15. The van der Waals surface area contributed by atoms with Gasteiger partial charge in [-0.1, -0.05) is 44.1 Å². The minimum absolute atomic E-state index is 0.00534. The van der Waals surface area contributed by atoms with Gasteiger partial charge in [0.1, 0.15) is 23.5 Å². The molecule has 2 N–H and O–H groups in total. The van der Waals surface area contributed by atoms with Crippen molar-refractivity contribution in [2.24, 2.45) is 5.92 Å². The van der Waals surface area contributed by atoms with Crippen LogP contribution in [0.2, 0.25) is 0 Å². The van der Waals surface area contributed by atoms with Crippen molar-refractivity contribution in [2.75, 3.05) is 11.9 Å². The van der Waals surface area contributed by atoms with Crippen molar-refractivity contribution < 1.29 is 23.2 Å². The van der Waals surface area contributed by atoms with E-state index in [1.165, 1.54) is 17.0 Å². The molecule has 0 saturated carbocycles. The molecule has 4 aromatic rings. The quantitative estimate of drug-likeness (QED) is 0.364. The van der Waals surface area contributed by atoms with Crippen molar-refractivity contribution in [3.05, 3.63) is 66.1 Å². The number of carbonyl (C=O) groups is 1. The van der Waals surface area contributed by atoms with Crippen LogP contribution in [0.15, 0.2) is 53.4 Å². The molecule has 0 aliphatic carbocycles. The normalized spacial score (nSPS) is 10.7. The third-order valence-corrected chi connectivity index (χ3v) is 4.36. The minimum Gasteiger partial charge on any atom is -0.481 e. The van der Waals surface area contributed by atoms with E-state index in [0.717, 1.165) is 12.1 Å². The lowest BCUT2D eigenvalue weighted by atomic mass is 10.2. The average molecular weight is 485 g/mol. The maximum Gasteiger partial charge on any atom is 0.305 e. The molecular formula is C24H26F2N6O3. The van der Waals surface area contributed by atoms with Crippen LogP contribution in [-0.2, 0) is 11.3 Å². The molecule has 0 aliphatic rings. The molecule has 0 spiro atoms. The Kier molecular flexibility index (Phi) is 8.60. The van der Waals surface area contributed by atoms with E-state index < -0.39 is 11.8 Å². The Balaban J connectivity index is 0.000000795. The van der Waals surface area contributed by atoms with Gasteiger partial charge in [-0.25, -0.2) is 18.7 Å². The molecule has 0 radical (unpaired) electrons. The summed E-state index contributed by atoms with van der Waals surface area (Å²) in [6.07, 6.45) is 2.16. The smallest absolute Gasteiger partial charge is 0.305 e. The monoisotopic (exact) mass is 484 g/mol. The first-order valence-electron chi connectivity index (χ1n) is 10.9. The van der Waals surface area contributed by atoms with Crippen LogP contribution < -0.4 is 5.32 Å². The number of hydrogen-bond donors (Lipinski definition) is 2. The second-order valence-electron chi connectivity index (χ2n) is 8.24. The highest BCUT2D eigenvalue weighted by Crippen LogP contribution is 2.25. The van der Waals surface area contributed by atoms with Gasteiger partial charge < -0.3 is 14.9 Å². The van der Waals surface area contributed by atoms with E-state index in [1.54, 1.807) is 30.3 Å². The van der Waals surface area contributed by atoms with E-state index in [1.807, 2.05) is 0 Å². The van der Waals surface area contributed by atoms with E-state index in [-0.39, 0.29) is 37.0 Å². The van der Waals surface area contributed by atoms with Crippen molar-refractivity contribution in [2.45, 2.75) is 33.7 Å². The fourth-order valence-corrected chi connectivity index (χ4v) is 2.89. The number of benzene rings is 1. The molecule has 1 aromatic carbocycles. The molecule has 184 valence electrons. The summed E-state index contributed by atoms with van der Waals surface area (Å²) in [5.41, 5.74) is 1.71. The minimum atomic E-state index is -1.02. The lowest BCUT2D eigenvalue weighted by Gasteiger charge is -2.07.